The third-order valence-corrected chi connectivity index (χ3v) is 3.14. The van der Waals surface area contributed by atoms with Crippen molar-refractivity contribution >= 4 is 16.7 Å². The number of guanidine groups is 1. The highest BCUT2D eigenvalue weighted by Gasteiger charge is 2.21. The Balaban J connectivity index is 2.71. The van der Waals surface area contributed by atoms with Gasteiger partial charge in [-0.2, -0.15) is 0 Å². The zero-order chi connectivity index (χ0) is 11.3. The zero-order valence-corrected chi connectivity index (χ0v) is 9.38. The molecule has 1 aromatic heterocycles. The molecule has 0 bridgehead atoms. The number of hydrogen-bond donors (Lipinski definition) is 3. The molecule has 0 aliphatic rings. The van der Waals surface area contributed by atoms with Gasteiger partial charge in [-0.15, -0.1) is 0 Å². The van der Waals surface area contributed by atoms with Crippen molar-refractivity contribution in [3.05, 3.63) is 23.0 Å². The smallest absolute Gasteiger partial charge is 0.263 e. The SMILES string of the molecule is C[CH]CCC(NC(=N)N)c1ncc[s+]1[O-]. The first kappa shape index (κ1) is 11.9. The summed E-state index contributed by atoms with van der Waals surface area (Å²) >= 11 is 0. The summed E-state index contributed by atoms with van der Waals surface area (Å²) < 4.78 is 11.5. The molecule has 15 heavy (non-hydrogen) atoms. The Labute approximate surface area is 92.0 Å². The van der Waals surface area contributed by atoms with Crippen LogP contribution in [0.5, 0.6) is 0 Å². The van der Waals surface area contributed by atoms with Gasteiger partial charge in [-0.05, 0) is 30.0 Å². The summed E-state index contributed by atoms with van der Waals surface area (Å²) in [4.78, 5) is 4.03. The van der Waals surface area contributed by atoms with Crippen molar-refractivity contribution < 1.29 is 4.55 Å². The average Bonchev–Trinajstić information content (AvgIpc) is 2.58. The number of hydrogen-bond acceptors (Lipinski definition) is 3. The Bertz CT molecular complexity index is 326. The van der Waals surface area contributed by atoms with Gasteiger partial charge < -0.3 is 15.6 Å². The van der Waals surface area contributed by atoms with Crippen LogP contribution in [-0.4, -0.2) is 15.5 Å². The van der Waals surface area contributed by atoms with Crippen LogP contribution in [0.1, 0.15) is 30.8 Å². The molecule has 83 valence electrons. The van der Waals surface area contributed by atoms with E-state index in [1.165, 1.54) is 11.6 Å². The van der Waals surface area contributed by atoms with Gasteiger partial charge >= 0.3 is 0 Å². The highest BCUT2D eigenvalue weighted by Crippen LogP contribution is 2.27. The molecule has 0 spiro atoms. The van der Waals surface area contributed by atoms with E-state index >= 15 is 0 Å². The fourth-order valence-electron chi connectivity index (χ4n) is 1.29. The van der Waals surface area contributed by atoms with Crippen LogP contribution in [0.3, 0.4) is 0 Å². The van der Waals surface area contributed by atoms with E-state index in [9.17, 15) is 4.55 Å². The molecule has 5 nitrogen and oxygen atoms in total. The van der Waals surface area contributed by atoms with E-state index in [-0.39, 0.29) is 12.0 Å². The van der Waals surface area contributed by atoms with Gasteiger partial charge in [0, 0.05) is 0 Å². The summed E-state index contributed by atoms with van der Waals surface area (Å²) in [5, 5.41) is 12.0. The quantitative estimate of drug-likeness (QED) is 0.401. The molecule has 0 saturated carbocycles. The van der Waals surface area contributed by atoms with Gasteiger partial charge in [0.2, 0.25) is 0 Å². The minimum absolute atomic E-state index is 0.122. The van der Waals surface area contributed by atoms with Gasteiger partial charge in [-0.25, -0.2) is 4.98 Å². The van der Waals surface area contributed by atoms with Crippen LogP contribution < -0.4 is 11.1 Å². The molecule has 1 heterocycles. The Hall–Kier alpha value is -1.14. The summed E-state index contributed by atoms with van der Waals surface area (Å²) in [6.45, 7) is 1.95. The fourth-order valence-corrected chi connectivity index (χ4v) is 2.22. The maximum Gasteiger partial charge on any atom is 0.263 e. The van der Waals surface area contributed by atoms with Gasteiger partial charge in [0.25, 0.3) is 5.01 Å². The highest BCUT2D eigenvalue weighted by molar-refractivity contribution is 7.23. The van der Waals surface area contributed by atoms with Crippen LogP contribution >= 0.6 is 10.8 Å². The fraction of sp³-hybridized carbons (Fsp3) is 0.444. The second-order valence-corrected chi connectivity index (χ2v) is 4.43. The van der Waals surface area contributed by atoms with E-state index in [1.54, 1.807) is 0 Å². The van der Waals surface area contributed by atoms with Crippen LogP contribution in [0.25, 0.3) is 0 Å². The Morgan fingerprint density at radius 1 is 1.87 bits per heavy atom. The normalized spacial score (nSPS) is 13.6. The number of nitrogens with one attached hydrogen (secondary N) is 2. The number of nitrogens with zero attached hydrogens (tertiary/aromatic N) is 1. The standard InChI is InChI=1S/C9H15N4OS/c1-2-3-4-7(13-9(10)11)8-12-5-6-15(8)14/h2,5-7H,3-4H2,1H3,(H4,10,11,13). The Morgan fingerprint density at radius 2 is 2.60 bits per heavy atom. The Morgan fingerprint density at radius 3 is 3.07 bits per heavy atom. The van der Waals surface area contributed by atoms with Gasteiger partial charge in [0.15, 0.2) is 11.3 Å². The summed E-state index contributed by atoms with van der Waals surface area (Å²) in [5.41, 5.74) is 5.27. The topological polar surface area (TPSA) is 97.9 Å². The van der Waals surface area contributed by atoms with Crippen molar-refractivity contribution in [2.45, 2.75) is 25.8 Å². The monoisotopic (exact) mass is 227 g/mol. The van der Waals surface area contributed by atoms with Gasteiger partial charge in [0.1, 0.15) is 6.04 Å². The van der Waals surface area contributed by atoms with Crippen LogP contribution in [0, 0.1) is 11.8 Å². The molecule has 1 radical (unpaired) electrons. The minimum Gasteiger partial charge on any atom is -0.589 e. The molecule has 2 atom stereocenters. The van der Waals surface area contributed by atoms with Crippen molar-refractivity contribution in [3.8, 4) is 0 Å². The van der Waals surface area contributed by atoms with Gasteiger partial charge in [-0.1, -0.05) is 6.92 Å². The second kappa shape index (κ2) is 5.67. The number of rotatable bonds is 5. The van der Waals surface area contributed by atoms with Crippen molar-refractivity contribution in [2.24, 2.45) is 5.73 Å². The largest absolute Gasteiger partial charge is 0.589 e. The van der Waals surface area contributed by atoms with Gasteiger partial charge in [0.05, 0.1) is 6.20 Å². The number of unbranched alkanes of at least 4 members (excludes halogenated alkanes) is 1. The van der Waals surface area contributed by atoms with Crippen LogP contribution in [0.2, 0.25) is 0 Å². The van der Waals surface area contributed by atoms with E-state index in [4.69, 9.17) is 11.1 Å². The minimum atomic E-state index is -1.17. The van der Waals surface area contributed by atoms with Crippen molar-refractivity contribution in [2.75, 3.05) is 0 Å². The number of aromatic nitrogens is 1. The number of nitrogens with two attached hydrogens (primary N) is 1. The second-order valence-electron chi connectivity index (χ2n) is 3.15. The van der Waals surface area contributed by atoms with Crippen molar-refractivity contribution in [1.29, 1.82) is 5.41 Å². The zero-order valence-electron chi connectivity index (χ0n) is 8.56. The maximum absolute atomic E-state index is 11.5. The first-order valence-corrected chi connectivity index (χ1v) is 5.89. The summed E-state index contributed by atoms with van der Waals surface area (Å²) in [5.74, 6) is -0.122. The van der Waals surface area contributed by atoms with Crippen molar-refractivity contribution in [1.82, 2.24) is 10.3 Å². The first-order chi connectivity index (χ1) is 7.15. The van der Waals surface area contributed by atoms with E-state index in [1.807, 2.05) is 13.3 Å². The number of thiazole rings is 1. The summed E-state index contributed by atoms with van der Waals surface area (Å²) in [6.07, 6.45) is 5.14. The molecule has 0 saturated heterocycles. The van der Waals surface area contributed by atoms with E-state index in [0.717, 1.165) is 12.8 Å². The summed E-state index contributed by atoms with van der Waals surface area (Å²) in [6, 6.07) is -0.213. The van der Waals surface area contributed by atoms with Crippen molar-refractivity contribution in [3.63, 3.8) is 0 Å². The lowest BCUT2D eigenvalue weighted by Crippen LogP contribution is -2.34. The average molecular weight is 227 g/mol. The first-order valence-electron chi connectivity index (χ1n) is 4.68. The third kappa shape index (κ3) is 3.49. The van der Waals surface area contributed by atoms with Crippen LogP contribution in [-0.2, 0) is 0 Å². The predicted molar refractivity (Wildman–Crippen MR) is 59.9 cm³/mol. The lowest BCUT2D eigenvalue weighted by Gasteiger charge is -2.14. The molecule has 4 N–H and O–H groups in total. The maximum atomic E-state index is 11.5. The molecular weight excluding hydrogens is 212 g/mol. The Kier molecular flexibility index (Phi) is 4.51. The molecule has 1 aromatic rings. The molecule has 0 aliphatic heterocycles. The lowest BCUT2D eigenvalue weighted by atomic mass is 10.1. The molecule has 1 rings (SSSR count). The summed E-state index contributed by atoms with van der Waals surface area (Å²) in [7, 11) is -1.17. The van der Waals surface area contributed by atoms with E-state index in [0.29, 0.717) is 5.01 Å². The van der Waals surface area contributed by atoms with E-state index in [2.05, 4.69) is 10.3 Å². The van der Waals surface area contributed by atoms with E-state index < -0.39 is 10.8 Å². The van der Waals surface area contributed by atoms with Crippen LogP contribution in [0.4, 0.5) is 0 Å². The molecule has 0 fully saturated rings. The molecule has 0 aromatic carbocycles. The van der Waals surface area contributed by atoms with Crippen LogP contribution in [0.15, 0.2) is 11.6 Å². The molecule has 0 amide bonds. The highest BCUT2D eigenvalue weighted by atomic mass is 32.2. The molecular formula is C9H15N4OS. The van der Waals surface area contributed by atoms with Gasteiger partial charge in [-0.3, -0.25) is 5.41 Å². The molecule has 2 unspecified atom stereocenters. The third-order valence-electron chi connectivity index (χ3n) is 1.96. The predicted octanol–water partition coefficient (Wildman–Crippen LogP) is 1.34. The lowest BCUT2D eigenvalue weighted by molar-refractivity contribution is 0.556. The molecule has 0 aliphatic carbocycles. The molecule has 6 heteroatoms.